The standard InChI is InChI=1S/C16H22N4O/c1-12(2)10-13-6-5-9-19(13)16(21)11-20-15-8-4-3-7-14(15)17-18-20/h3-4,7-8,12-13H,5-6,9-11H2,1-2H3. The summed E-state index contributed by atoms with van der Waals surface area (Å²) < 4.78 is 1.71. The number of likely N-dealkylation sites (tertiary alicyclic amines) is 1. The fraction of sp³-hybridized carbons (Fsp3) is 0.562. The minimum Gasteiger partial charge on any atom is -0.338 e. The number of hydrogen-bond donors (Lipinski definition) is 0. The lowest BCUT2D eigenvalue weighted by Crippen LogP contribution is -2.38. The molecule has 21 heavy (non-hydrogen) atoms. The minimum atomic E-state index is 0.161. The number of nitrogens with zero attached hydrogens (tertiary/aromatic N) is 4. The Morgan fingerprint density at radius 1 is 1.38 bits per heavy atom. The Morgan fingerprint density at radius 3 is 3.00 bits per heavy atom. The monoisotopic (exact) mass is 286 g/mol. The maximum atomic E-state index is 12.6. The zero-order valence-electron chi connectivity index (χ0n) is 12.7. The van der Waals surface area contributed by atoms with E-state index in [0.29, 0.717) is 12.0 Å². The molecule has 1 aliphatic heterocycles. The molecule has 0 bridgehead atoms. The van der Waals surface area contributed by atoms with Gasteiger partial charge in [-0.15, -0.1) is 5.10 Å². The summed E-state index contributed by atoms with van der Waals surface area (Å²) in [5.74, 6) is 0.782. The van der Waals surface area contributed by atoms with Gasteiger partial charge in [-0.3, -0.25) is 4.79 Å². The second-order valence-electron chi connectivity index (χ2n) is 6.25. The smallest absolute Gasteiger partial charge is 0.244 e. The van der Waals surface area contributed by atoms with Gasteiger partial charge in [0.05, 0.1) is 5.52 Å². The van der Waals surface area contributed by atoms with Crippen LogP contribution in [0.1, 0.15) is 33.1 Å². The first-order valence-corrected chi connectivity index (χ1v) is 7.73. The topological polar surface area (TPSA) is 51.0 Å². The lowest BCUT2D eigenvalue weighted by atomic mass is 10.0. The van der Waals surface area contributed by atoms with Crippen LogP contribution in [-0.2, 0) is 11.3 Å². The predicted octanol–water partition coefficient (Wildman–Crippen LogP) is 2.47. The quantitative estimate of drug-likeness (QED) is 0.867. The van der Waals surface area contributed by atoms with Crippen molar-refractivity contribution in [3.8, 4) is 0 Å². The Kier molecular flexibility index (Phi) is 3.90. The molecule has 1 aromatic carbocycles. The molecule has 0 spiro atoms. The first-order chi connectivity index (χ1) is 10.1. The summed E-state index contributed by atoms with van der Waals surface area (Å²) in [6.45, 7) is 5.59. The molecule has 5 heteroatoms. The largest absolute Gasteiger partial charge is 0.338 e. The van der Waals surface area contributed by atoms with Gasteiger partial charge in [0, 0.05) is 12.6 Å². The van der Waals surface area contributed by atoms with E-state index >= 15 is 0 Å². The van der Waals surface area contributed by atoms with Crippen LogP contribution in [0.25, 0.3) is 11.0 Å². The molecule has 1 aromatic heterocycles. The average molecular weight is 286 g/mol. The summed E-state index contributed by atoms with van der Waals surface area (Å²) in [5.41, 5.74) is 1.76. The molecule has 0 aliphatic carbocycles. The molecular formula is C16H22N4O. The molecule has 112 valence electrons. The molecular weight excluding hydrogens is 264 g/mol. The summed E-state index contributed by atoms with van der Waals surface area (Å²) in [5, 5.41) is 8.22. The molecule has 0 saturated carbocycles. The van der Waals surface area contributed by atoms with Crippen molar-refractivity contribution in [2.75, 3.05) is 6.54 Å². The molecule has 1 fully saturated rings. The van der Waals surface area contributed by atoms with Crippen molar-refractivity contribution in [1.29, 1.82) is 0 Å². The first-order valence-electron chi connectivity index (χ1n) is 7.73. The van der Waals surface area contributed by atoms with Gasteiger partial charge in [-0.2, -0.15) is 0 Å². The van der Waals surface area contributed by atoms with E-state index in [1.165, 1.54) is 0 Å². The van der Waals surface area contributed by atoms with Crippen LogP contribution >= 0.6 is 0 Å². The van der Waals surface area contributed by atoms with E-state index in [9.17, 15) is 4.79 Å². The molecule has 2 heterocycles. The summed E-state index contributed by atoms with van der Waals surface area (Å²) >= 11 is 0. The fourth-order valence-electron chi connectivity index (χ4n) is 3.21. The molecule has 1 atom stereocenters. The molecule has 5 nitrogen and oxygen atoms in total. The van der Waals surface area contributed by atoms with Gasteiger partial charge in [0.15, 0.2) is 0 Å². The Bertz CT molecular complexity index is 634. The number of carbonyl (C=O) groups excluding carboxylic acids is 1. The SMILES string of the molecule is CC(C)CC1CCCN1C(=O)Cn1nnc2ccccc21. The Labute approximate surface area is 124 Å². The van der Waals surface area contributed by atoms with E-state index in [4.69, 9.17) is 0 Å². The third-order valence-corrected chi connectivity index (χ3v) is 4.15. The Hall–Kier alpha value is -1.91. The second-order valence-corrected chi connectivity index (χ2v) is 6.25. The average Bonchev–Trinajstić information content (AvgIpc) is 3.06. The number of aromatic nitrogens is 3. The van der Waals surface area contributed by atoms with Crippen LogP contribution in [0, 0.1) is 5.92 Å². The molecule has 1 unspecified atom stereocenters. The number of para-hydroxylation sites is 1. The third-order valence-electron chi connectivity index (χ3n) is 4.15. The Balaban J connectivity index is 1.74. The number of hydrogen-bond acceptors (Lipinski definition) is 3. The highest BCUT2D eigenvalue weighted by molar-refractivity contribution is 5.80. The van der Waals surface area contributed by atoms with Crippen molar-refractivity contribution in [3.05, 3.63) is 24.3 Å². The molecule has 0 radical (unpaired) electrons. The van der Waals surface area contributed by atoms with Crippen molar-refractivity contribution in [1.82, 2.24) is 19.9 Å². The van der Waals surface area contributed by atoms with Crippen molar-refractivity contribution in [2.45, 2.75) is 45.7 Å². The third kappa shape index (κ3) is 2.91. The van der Waals surface area contributed by atoms with Crippen LogP contribution < -0.4 is 0 Å². The van der Waals surface area contributed by atoms with Crippen molar-refractivity contribution in [3.63, 3.8) is 0 Å². The van der Waals surface area contributed by atoms with Crippen LogP contribution in [0.15, 0.2) is 24.3 Å². The maximum Gasteiger partial charge on any atom is 0.244 e. The number of rotatable bonds is 4. The van der Waals surface area contributed by atoms with Gasteiger partial charge in [-0.1, -0.05) is 31.2 Å². The maximum absolute atomic E-state index is 12.6. The minimum absolute atomic E-state index is 0.161. The normalized spacial score (nSPS) is 18.8. The van der Waals surface area contributed by atoms with Crippen LogP contribution in [0.2, 0.25) is 0 Å². The molecule has 2 aromatic rings. The lowest BCUT2D eigenvalue weighted by molar-refractivity contribution is -0.133. The van der Waals surface area contributed by atoms with Gasteiger partial charge in [0.1, 0.15) is 12.1 Å². The predicted molar refractivity (Wildman–Crippen MR) is 81.7 cm³/mol. The molecule has 1 saturated heterocycles. The summed E-state index contributed by atoms with van der Waals surface area (Å²) in [7, 11) is 0. The van der Waals surface area contributed by atoms with Gasteiger partial charge in [0.25, 0.3) is 0 Å². The molecule has 1 aliphatic rings. The summed E-state index contributed by atoms with van der Waals surface area (Å²) in [6, 6.07) is 8.15. The first kappa shape index (κ1) is 14.0. The second kappa shape index (κ2) is 5.84. The van der Waals surface area contributed by atoms with E-state index in [2.05, 4.69) is 24.2 Å². The van der Waals surface area contributed by atoms with Crippen molar-refractivity contribution >= 4 is 16.9 Å². The zero-order chi connectivity index (χ0) is 14.8. The van der Waals surface area contributed by atoms with Gasteiger partial charge >= 0.3 is 0 Å². The zero-order valence-corrected chi connectivity index (χ0v) is 12.7. The van der Waals surface area contributed by atoms with E-state index in [0.717, 1.165) is 36.8 Å². The van der Waals surface area contributed by atoms with Crippen LogP contribution in [-0.4, -0.2) is 38.4 Å². The van der Waals surface area contributed by atoms with Gasteiger partial charge in [0.2, 0.25) is 5.91 Å². The number of amides is 1. The number of fused-ring (bicyclic) bond motifs is 1. The van der Waals surface area contributed by atoms with Crippen LogP contribution in [0.4, 0.5) is 0 Å². The van der Waals surface area contributed by atoms with Crippen LogP contribution in [0.3, 0.4) is 0 Å². The van der Waals surface area contributed by atoms with Crippen LogP contribution in [0.5, 0.6) is 0 Å². The molecule has 1 amide bonds. The highest BCUT2D eigenvalue weighted by atomic mass is 16.2. The number of benzene rings is 1. The molecule has 3 rings (SSSR count). The van der Waals surface area contributed by atoms with Crippen molar-refractivity contribution in [2.24, 2.45) is 5.92 Å². The van der Waals surface area contributed by atoms with Gasteiger partial charge < -0.3 is 4.90 Å². The van der Waals surface area contributed by atoms with E-state index < -0.39 is 0 Å². The summed E-state index contributed by atoms with van der Waals surface area (Å²) in [6.07, 6.45) is 3.33. The van der Waals surface area contributed by atoms with E-state index in [-0.39, 0.29) is 12.5 Å². The highest BCUT2D eigenvalue weighted by Crippen LogP contribution is 2.24. The summed E-state index contributed by atoms with van der Waals surface area (Å²) in [4.78, 5) is 14.6. The Morgan fingerprint density at radius 2 is 2.19 bits per heavy atom. The molecule has 0 N–H and O–H groups in total. The van der Waals surface area contributed by atoms with E-state index in [1.54, 1.807) is 4.68 Å². The number of carbonyl (C=O) groups is 1. The van der Waals surface area contributed by atoms with Gasteiger partial charge in [-0.05, 0) is 37.3 Å². The fourth-order valence-corrected chi connectivity index (χ4v) is 3.21. The highest BCUT2D eigenvalue weighted by Gasteiger charge is 2.29. The lowest BCUT2D eigenvalue weighted by Gasteiger charge is -2.26. The van der Waals surface area contributed by atoms with Gasteiger partial charge in [-0.25, -0.2) is 4.68 Å². The van der Waals surface area contributed by atoms with E-state index in [1.807, 2.05) is 29.2 Å². The van der Waals surface area contributed by atoms with Crippen molar-refractivity contribution < 1.29 is 4.79 Å².